The first kappa shape index (κ1) is 27.1. The molecule has 0 aromatic heterocycles. The Labute approximate surface area is 187 Å². The van der Waals surface area contributed by atoms with Crippen molar-refractivity contribution >= 4 is 8.80 Å². The van der Waals surface area contributed by atoms with E-state index in [-0.39, 0.29) is 18.3 Å². The van der Waals surface area contributed by atoms with Gasteiger partial charge in [-0.3, -0.25) is 0 Å². The average molecular weight is 467 g/mol. The highest BCUT2D eigenvalue weighted by Gasteiger charge is 2.60. The third kappa shape index (κ3) is 10.5. The van der Waals surface area contributed by atoms with E-state index in [2.05, 4.69) is 10.8 Å². The molecule has 10 nitrogen and oxygen atoms in total. The molecule has 2 bridgehead atoms. The lowest BCUT2D eigenvalue weighted by atomic mass is 10.1. The molecule has 2 rings (SSSR count). The lowest BCUT2D eigenvalue weighted by Crippen LogP contribution is -2.44. The minimum absolute atomic E-state index is 0.0747. The normalized spacial score (nSPS) is 28.5. The topological polar surface area (TPSA) is 120 Å². The van der Waals surface area contributed by atoms with E-state index >= 15 is 0 Å². The van der Waals surface area contributed by atoms with Crippen LogP contribution in [0.1, 0.15) is 39.5 Å². The number of aliphatic hydroxyl groups is 1. The van der Waals surface area contributed by atoms with Crippen LogP contribution in [-0.2, 0) is 27.5 Å². The maximum atomic E-state index is 9.99. The predicted molar refractivity (Wildman–Crippen MR) is 116 cm³/mol. The molecule has 0 radical (unpaired) electrons. The van der Waals surface area contributed by atoms with Crippen LogP contribution in [0.4, 0.5) is 0 Å². The molecule has 0 spiro atoms. The number of rotatable bonds is 20. The molecule has 4 N–H and O–H groups in total. The monoisotopic (exact) mass is 466 g/mol. The van der Waals surface area contributed by atoms with E-state index in [1.807, 2.05) is 13.8 Å². The van der Waals surface area contributed by atoms with Gasteiger partial charge < -0.3 is 43.1 Å². The van der Waals surface area contributed by atoms with Crippen LogP contribution in [0.5, 0.6) is 0 Å². The van der Waals surface area contributed by atoms with Crippen molar-refractivity contribution in [2.75, 3.05) is 59.3 Å². The van der Waals surface area contributed by atoms with Gasteiger partial charge in [-0.1, -0.05) is 0 Å². The van der Waals surface area contributed by atoms with Gasteiger partial charge in [-0.15, -0.1) is 0 Å². The summed E-state index contributed by atoms with van der Waals surface area (Å²) in [6.45, 7) is 9.47. The average Bonchev–Trinajstić information content (AvgIpc) is 3.24. The lowest BCUT2D eigenvalue weighted by Gasteiger charge is -2.26. The molecule has 11 heteroatoms. The molecule has 0 aliphatic carbocycles. The molecule has 31 heavy (non-hydrogen) atoms. The van der Waals surface area contributed by atoms with Gasteiger partial charge in [0.25, 0.3) is 0 Å². The van der Waals surface area contributed by atoms with Crippen LogP contribution in [0.3, 0.4) is 0 Å². The van der Waals surface area contributed by atoms with Gasteiger partial charge in [0.1, 0.15) is 0 Å². The number of ether oxygens (including phenoxy) is 3. The highest BCUT2D eigenvalue weighted by molar-refractivity contribution is 6.62. The molecule has 2 heterocycles. The molecule has 0 aromatic rings. The SMILES string of the molecule is CC1O[Si]2(CCCOCC(O)CNCCCOCCCOCCCNO)OC(C)C1O2. The van der Waals surface area contributed by atoms with Crippen LogP contribution in [-0.4, -0.2) is 103 Å². The number of hydrogen-bond donors (Lipinski definition) is 4. The van der Waals surface area contributed by atoms with Crippen LogP contribution in [0.25, 0.3) is 0 Å². The minimum Gasteiger partial charge on any atom is -0.389 e. The van der Waals surface area contributed by atoms with Gasteiger partial charge in [0.05, 0.1) is 31.0 Å². The summed E-state index contributed by atoms with van der Waals surface area (Å²) < 4.78 is 34.4. The third-order valence-corrected chi connectivity index (χ3v) is 8.29. The molecule has 184 valence electrons. The Balaban J connectivity index is 1.31. The Morgan fingerprint density at radius 3 is 2.10 bits per heavy atom. The van der Waals surface area contributed by atoms with Crippen LogP contribution >= 0.6 is 0 Å². The summed E-state index contributed by atoms with van der Waals surface area (Å²) in [5.74, 6) is 0. The van der Waals surface area contributed by atoms with E-state index < -0.39 is 14.9 Å². The fourth-order valence-corrected chi connectivity index (χ4v) is 7.00. The van der Waals surface area contributed by atoms with E-state index in [1.54, 1.807) is 0 Å². The van der Waals surface area contributed by atoms with E-state index in [0.29, 0.717) is 52.7 Å². The molecule has 2 saturated heterocycles. The summed E-state index contributed by atoms with van der Waals surface area (Å²) >= 11 is 0. The molecule has 2 aliphatic rings. The molecule has 0 amide bonds. The second-order valence-corrected chi connectivity index (χ2v) is 10.7. The first-order chi connectivity index (χ1) is 15.1. The minimum atomic E-state index is -2.47. The molecule has 2 aliphatic heterocycles. The van der Waals surface area contributed by atoms with Crippen molar-refractivity contribution in [3.05, 3.63) is 0 Å². The van der Waals surface area contributed by atoms with Crippen molar-refractivity contribution in [3.8, 4) is 0 Å². The fourth-order valence-electron chi connectivity index (χ4n) is 3.70. The Bertz CT molecular complexity index is 453. The van der Waals surface area contributed by atoms with Gasteiger partial charge in [-0.25, -0.2) is 5.48 Å². The molecular formula is C20H42N2O8Si. The summed E-state index contributed by atoms with van der Waals surface area (Å²) in [7, 11) is -2.47. The van der Waals surface area contributed by atoms with Gasteiger partial charge in [0.2, 0.25) is 0 Å². The Kier molecular flexibility index (Phi) is 13.6. The van der Waals surface area contributed by atoms with E-state index in [4.69, 9.17) is 32.7 Å². The van der Waals surface area contributed by atoms with E-state index in [0.717, 1.165) is 38.3 Å². The van der Waals surface area contributed by atoms with Crippen LogP contribution < -0.4 is 10.8 Å². The second kappa shape index (κ2) is 15.6. The van der Waals surface area contributed by atoms with Crippen molar-refractivity contribution < 1.29 is 37.8 Å². The number of nitrogens with one attached hydrogen (secondary N) is 2. The van der Waals surface area contributed by atoms with Crippen molar-refractivity contribution in [3.63, 3.8) is 0 Å². The van der Waals surface area contributed by atoms with Crippen molar-refractivity contribution in [2.24, 2.45) is 0 Å². The Morgan fingerprint density at radius 1 is 0.839 bits per heavy atom. The van der Waals surface area contributed by atoms with Gasteiger partial charge in [0, 0.05) is 52.2 Å². The first-order valence-electron chi connectivity index (χ1n) is 11.6. The Morgan fingerprint density at radius 2 is 1.45 bits per heavy atom. The van der Waals surface area contributed by atoms with Crippen LogP contribution in [0.2, 0.25) is 6.04 Å². The zero-order valence-corrected chi connectivity index (χ0v) is 20.1. The standard InChI is InChI=1S/C20H42N2O8Si/c1-17-20-18(2)29-31(28-17,30-20)14-6-13-27-16-19(23)15-21-7-3-9-25-11-5-12-26-10-4-8-22-24/h17-24H,3-16H2,1-2H3. The van der Waals surface area contributed by atoms with Crippen molar-refractivity contribution in [1.29, 1.82) is 0 Å². The molecule has 2 fully saturated rings. The lowest BCUT2D eigenvalue weighted by molar-refractivity contribution is 0.0306. The number of fused-ring (bicyclic) bond motifs is 2. The largest absolute Gasteiger partial charge is 0.502 e. The van der Waals surface area contributed by atoms with Gasteiger partial charge in [-0.2, -0.15) is 0 Å². The summed E-state index contributed by atoms with van der Waals surface area (Å²) in [5.41, 5.74) is 2.10. The summed E-state index contributed by atoms with van der Waals surface area (Å²) in [5, 5.41) is 21.6. The van der Waals surface area contributed by atoms with Crippen LogP contribution in [0.15, 0.2) is 0 Å². The highest BCUT2D eigenvalue weighted by Crippen LogP contribution is 2.40. The maximum Gasteiger partial charge on any atom is 0.502 e. The molecule has 0 saturated carbocycles. The third-order valence-electron chi connectivity index (χ3n) is 5.23. The summed E-state index contributed by atoms with van der Waals surface area (Å²) in [4.78, 5) is 0. The van der Waals surface area contributed by atoms with Crippen molar-refractivity contribution in [1.82, 2.24) is 10.8 Å². The summed E-state index contributed by atoms with van der Waals surface area (Å²) in [6.07, 6.45) is 3.14. The van der Waals surface area contributed by atoms with Crippen molar-refractivity contribution in [2.45, 2.75) is 70.0 Å². The Hall–Kier alpha value is -0.183. The zero-order valence-electron chi connectivity index (χ0n) is 19.1. The number of aliphatic hydroxyl groups excluding tert-OH is 1. The number of hydrogen-bond acceptors (Lipinski definition) is 10. The smallest absolute Gasteiger partial charge is 0.389 e. The van der Waals surface area contributed by atoms with Gasteiger partial charge in [0.15, 0.2) is 0 Å². The molecule has 0 aromatic carbocycles. The van der Waals surface area contributed by atoms with Crippen LogP contribution in [0, 0.1) is 0 Å². The van der Waals surface area contributed by atoms with Gasteiger partial charge >= 0.3 is 8.80 Å². The first-order valence-corrected chi connectivity index (χ1v) is 13.5. The maximum absolute atomic E-state index is 9.99. The predicted octanol–water partition coefficient (Wildman–Crippen LogP) is 0.687. The molecule has 3 unspecified atom stereocenters. The van der Waals surface area contributed by atoms with E-state index in [9.17, 15) is 5.11 Å². The van der Waals surface area contributed by atoms with E-state index in [1.165, 1.54) is 0 Å². The highest BCUT2D eigenvalue weighted by atomic mass is 28.4. The molecule has 3 atom stereocenters. The fraction of sp³-hybridized carbons (Fsp3) is 1.00. The number of hydroxylamine groups is 1. The summed E-state index contributed by atoms with van der Waals surface area (Å²) in [6, 6.07) is 0.764. The zero-order chi connectivity index (χ0) is 22.4. The second-order valence-electron chi connectivity index (χ2n) is 8.14. The quantitative estimate of drug-likeness (QED) is 0.116. The molecular weight excluding hydrogens is 424 g/mol. The van der Waals surface area contributed by atoms with Gasteiger partial charge in [-0.05, 0) is 46.1 Å².